The zero-order valence-corrected chi connectivity index (χ0v) is 14.0. The van der Waals surface area contributed by atoms with Gasteiger partial charge in [-0.05, 0) is 36.8 Å². The standard InChI is InChI=1S/C17H11Cl2FN2O2/c1-9-6-7-10(8-11(9)18)21-15-14(19)16(23)22(17(15)24)13-5-3-2-4-12(13)20/h2-8,21H,1H3. The minimum Gasteiger partial charge on any atom is -0.350 e. The number of halogens is 3. The number of hydrogen-bond acceptors (Lipinski definition) is 3. The highest BCUT2D eigenvalue weighted by atomic mass is 35.5. The maximum Gasteiger partial charge on any atom is 0.283 e. The number of aryl methyl sites for hydroxylation is 1. The lowest BCUT2D eigenvalue weighted by atomic mass is 10.2. The van der Waals surface area contributed by atoms with Gasteiger partial charge in [-0.15, -0.1) is 0 Å². The zero-order valence-electron chi connectivity index (χ0n) is 12.4. The van der Waals surface area contributed by atoms with Crippen LogP contribution in [0.25, 0.3) is 0 Å². The summed E-state index contributed by atoms with van der Waals surface area (Å²) in [5.41, 5.74) is 1.09. The molecule has 2 aromatic carbocycles. The SMILES string of the molecule is Cc1ccc(NC2=C(Cl)C(=O)N(c3ccccc3F)C2=O)cc1Cl. The summed E-state index contributed by atoms with van der Waals surface area (Å²) in [5.74, 6) is -2.21. The predicted molar refractivity (Wildman–Crippen MR) is 91.6 cm³/mol. The van der Waals surface area contributed by atoms with Gasteiger partial charge in [0.15, 0.2) is 0 Å². The summed E-state index contributed by atoms with van der Waals surface area (Å²) in [6.45, 7) is 1.84. The molecule has 1 heterocycles. The van der Waals surface area contributed by atoms with Gasteiger partial charge in [0.1, 0.15) is 16.5 Å². The van der Waals surface area contributed by atoms with Gasteiger partial charge in [-0.25, -0.2) is 9.29 Å². The molecule has 0 bridgehead atoms. The summed E-state index contributed by atoms with van der Waals surface area (Å²) < 4.78 is 13.9. The molecule has 0 aliphatic carbocycles. The molecule has 0 unspecified atom stereocenters. The maximum atomic E-state index is 13.9. The zero-order chi connectivity index (χ0) is 17.4. The Hall–Kier alpha value is -2.37. The summed E-state index contributed by atoms with van der Waals surface area (Å²) in [6.07, 6.45) is 0. The average Bonchev–Trinajstić information content (AvgIpc) is 2.76. The van der Waals surface area contributed by atoms with Crippen molar-refractivity contribution in [3.63, 3.8) is 0 Å². The minimum absolute atomic E-state index is 0.121. The minimum atomic E-state index is -0.785. The summed E-state index contributed by atoms with van der Waals surface area (Å²) in [5, 5.41) is 2.98. The van der Waals surface area contributed by atoms with Gasteiger partial charge in [-0.1, -0.05) is 41.4 Å². The Labute approximate surface area is 147 Å². The summed E-state index contributed by atoms with van der Waals surface area (Å²) >= 11 is 12.0. The molecule has 0 spiro atoms. The molecule has 1 N–H and O–H groups in total. The second-order valence-corrected chi connectivity index (χ2v) is 5.96. The third-order valence-electron chi connectivity index (χ3n) is 3.56. The molecule has 122 valence electrons. The molecule has 0 atom stereocenters. The summed E-state index contributed by atoms with van der Waals surface area (Å²) in [6, 6.07) is 10.6. The Kier molecular flexibility index (Phi) is 4.30. The molecule has 1 aliphatic rings. The molecule has 24 heavy (non-hydrogen) atoms. The second-order valence-electron chi connectivity index (χ2n) is 5.18. The fourth-order valence-corrected chi connectivity index (χ4v) is 2.67. The van der Waals surface area contributed by atoms with Crippen LogP contribution in [-0.2, 0) is 9.59 Å². The van der Waals surface area contributed by atoms with Crippen LogP contribution in [-0.4, -0.2) is 11.8 Å². The van der Waals surface area contributed by atoms with Crippen molar-refractivity contribution in [1.29, 1.82) is 0 Å². The van der Waals surface area contributed by atoms with Crippen molar-refractivity contribution < 1.29 is 14.0 Å². The monoisotopic (exact) mass is 364 g/mol. The topological polar surface area (TPSA) is 49.4 Å². The van der Waals surface area contributed by atoms with Crippen LogP contribution in [0, 0.1) is 12.7 Å². The molecule has 0 fully saturated rings. The van der Waals surface area contributed by atoms with E-state index in [1.165, 1.54) is 18.2 Å². The Morgan fingerprint density at radius 1 is 1.04 bits per heavy atom. The number of amides is 2. The number of nitrogens with zero attached hydrogens (tertiary/aromatic N) is 1. The maximum absolute atomic E-state index is 13.9. The van der Waals surface area contributed by atoms with Crippen LogP contribution in [0.3, 0.4) is 0 Å². The van der Waals surface area contributed by atoms with Gasteiger partial charge in [0, 0.05) is 10.7 Å². The van der Waals surface area contributed by atoms with Gasteiger partial charge in [-0.2, -0.15) is 0 Å². The number of rotatable bonds is 3. The molecule has 7 heteroatoms. The molecule has 1 aliphatic heterocycles. The first-order chi connectivity index (χ1) is 11.4. The highest BCUT2D eigenvalue weighted by molar-refractivity contribution is 6.53. The van der Waals surface area contributed by atoms with Crippen LogP contribution in [0.15, 0.2) is 53.2 Å². The van der Waals surface area contributed by atoms with Crippen molar-refractivity contribution in [3.05, 3.63) is 69.6 Å². The fraction of sp³-hybridized carbons (Fsp3) is 0.0588. The second kappa shape index (κ2) is 6.26. The van der Waals surface area contributed by atoms with E-state index in [-0.39, 0.29) is 16.4 Å². The van der Waals surface area contributed by atoms with Crippen molar-refractivity contribution in [1.82, 2.24) is 0 Å². The van der Waals surface area contributed by atoms with Crippen LogP contribution in [0.5, 0.6) is 0 Å². The highest BCUT2D eigenvalue weighted by Gasteiger charge is 2.40. The molecule has 3 rings (SSSR count). The Morgan fingerprint density at radius 2 is 1.75 bits per heavy atom. The van der Waals surface area contributed by atoms with Gasteiger partial charge in [0.25, 0.3) is 11.8 Å². The van der Waals surface area contributed by atoms with Gasteiger partial charge in [-0.3, -0.25) is 9.59 Å². The van der Waals surface area contributed by atoms with Gasteiger partial charge in [0.2, 0.25) is 0 Å². The first-order valence-electron chi connectivity index (χ1n) is 6.96. The third kappa shape index (κ3) is 2.77. The van der Waals surface area contributed by atoms with E-state index >= 15 is 0 Å². The lowest BCUT2D eigenvalue weighted by Gasteiger charge is -2.15. The largest absolute Gasteiger partial charge is 0.350 e. The molecule has 2 aromatic rings. The van der Waals surface area contributed by atoms with Crippen molar-refractivity contribution >= 4 is 46.4 Å². The Bertz CT molecular complexity index is 896. The number of anilines is 2. The number of hydrogen-bond donors (Lipinski definition) is 1. The molecule has 4 nitrogen and oxygen atoms in total. The number of para-hydroxylation sites is 1. The van der Waals surface area contributed by atoms with E-state index in [0.717, 1.165) is 11.6 Å². The van der Waals surface area contributed by atoms with E-state index in [4.69, 9.17) is 23.2 Å². The van der Waals surface area contributed by atoms with Crippen LogP contribution < -0.4 is 10.2 Å². The first-order valence-corrected chi connectivity index (χ1v) is 7.72. The van der Waals surface area contributed by atoms with E-state index in [9.17, 15) is 14.0 Å². The van der Waals surface area contributed by atoms with E-state index in [2.05, 4.69) is 5.32 Å². The lowest BCUT2D eigenvalue weighted by molar-refractivity contribution is -0.120. The smallest absolute Gasteiger partial charge is 0.283 e. The summed E-state index contributed by atoms with van der Waals surface area (Å²) in [7, 11) is 0. The molecular weight excluding hydrogens is 354 g/mol. The number of benzene rings is 2. The third-order valence-corrected chi connectivity index (χ3v) is 4.32. The van der Waals surface area contributed by atoms with Crippen LogP contribution in [0.1, 0.15) is 5.56 Å². The van der Waals surface area contributed by atoms with Crippen molar-refractivity contribution in [2.24, 2.45) is 0 Å². The van der Waals surface area contributed by atoms with E-state index in [1.807, 2.05) is 6.92 Å². The lowest BCUT2D eigenvalue weighted by Crippen LogP contribution is -2.33. The Balaban J connectivity index is 1.95. The van der Waals surface area contributed by atoms with E-state index in [0.29, 0.717) is 15.6 Å². The van der Waals surface area contributed by atoms with Crippen LogP contribution >= 0.6 is 23.2 Å². The quantitative estimate of drug-likeness (QED) is 0.829. The number of carbonyl (C=O) groups is 2. The fourth-order valence-electron chi connectivity index (χ4n) is 2.28. The molecule has 0 saturated heterocycles. The molecule has 0 aromatic heterocycles. The molecular formula is C17H11Cl2FN2O2. The highest BCUT2D eigenvalue weighted by Crippen LogP contribution is 2.32. The number of carbonyl (C=O) groups excluding carboxylic acids is 2. The van der Waals surface area contributed by atoms with Crippen molar-refractivity contribution in [2.75, 3.05) is 10.2 Å². The van der Waals surface area contributed by atoms with Crippen LogP contribution in [0.2, 0.25) is 5.02 Å². The van der Waals surface area contributed by atoms with Gasteiger partial charge >= 0.3 is 0 Å². The molecule has 0 radical (unpaired) electrons. The van der Waals surface area contributed by atoms with Gasteiger partial charge < -0.3 is 5.32 Å². The number of nitrogens with one attached hydrogen (secondary N) is 1. The van der Waals surface area contributed by atoms with Gasteiger partial charge in [0.05, 0.1) is 5.69 Å². The normalized spacial score (nSPS) is 14.6. The number of imide groups is 1. The molecule has 0 saturated carbocycles. The van der Waals surface area contributed by atoms with Crippen LogP contribution in [0.4, 0.5) is 15.8 Å². The molecule has 2 amide bonds. The van der Waals surface area contributed by atoms with E-state index < -0.39 is 17.6 Å². The Morgan fingerprint density at radius 3 is 2.42 bits per heavy atom. The van der Waals surface area contributed by atoms with Crippen molar-refractivity contribution in [3.8, 4) is 0 Å². The predicted octanol–water partition coefficient (Wildman–Crippen LogP) is 4.22. The summed E-state index contributed by atoms with van der Waals surface area (Å²) in [4.78, 5) is 25.5. The average molecular weight is 365 g/mol. The first kappa shape index (κ1) is 16.5. The van der Waals surface area contributed by atoms with Crippen molar-refractivity contribution in [2.45, 2.75) is 6.92 Å². The van der Waals surface area contributed by atoms with E-state index in [1.54, 1.807) is 18.2 Å².